The van der Waals surface area contributed by atoms with Crippen molar-refractivity contribution in [1.29, 1.82) is 0 Å². The van der Waals surface area contributed by atoms with Crippen LogP contribution < -0.4 is 5.32 Å². The van der Waals surface area contributed by atoms with Gasteiger partial charge in [-0.25, -0.2) is 4.52 Å². The predicted octanol–water partition coefficient (Wildman–Crippen LogP) is 1.13. The summed E-state index contributed by atoms with van der Waals surface area (Å²) in [6.45, 7) is 3.26. The van der Waals surface area contributed by atoms with Crippen LogP contribution in [0.1, 0.15) is 12.0 Å². The van der Waals surface area contributed by atoms with Crippen molar-refractivity contribution < 1.29 is 0 Å². The van der Waals surface area contributed by atoms with Gasteiger partial charge in [-0.05, 0) is 32.1 Å². The van der Waals surface area contributed by atoms with Gasteiger partial charge in [0.2, 0.25) is 0 Å². The Balaban J connectivity index is 1.69. The quantitative estimate of drug-likeness (QED) is 0.858. The van der Waals surface area contributed by atoms with E-state index in [1.165, 1.54) is 24.0 Å². The number of nitrogens with one attached hydrogen (secondary N) is 1. The molecule has 0 aromatic carbocycles. The molecule has 3 heterocycles. The fourth-order valence-electron chi connectivity index (χ4n) is 2.48. The van der Waals surface area contributed by atoms with Crippen LogP contribution >= 0.6 is 0 Å². The molecule has 1 N–H and O–H groups in total. The second-order valence-corrected chi connectivity index (χ2v) is 4.83. The van der Waals surface area contributed by atoms with Crippen molar-refractivity contribution >= 4 is 5.52 Å². The molecule has 0 saturated carbocycles. The molecule has 0 aliphatic carbocycles. The standard InChI is InChI=1S/C13H18N4/c1-16-7-5-12(10-16)14-8-11-9-15-17-6-3-2-4-13(11)17/h2-4,6,9,12,14H,5,7-8,10H2,1H3. The molecule has 1 unspecified atom stereocenters. The Kier molecular flexibility index (Phi) is 2.82. The fraction of sp³-hybridized carbons (Fsp3) is 0.462. The van der Waals surface area contributed by atoms with Crippen LogP contribution in [0.25, 0.3) is 5.52 Å². The molecule has 3 rings (SSSR count). The minimum atomic E-state index is 0.624. The molecule has 1 aliphatic rings. The first kappa shape index (κ1) is 10.7. The third-order valence-electron chi connectivity index (χ3n) is 3.48. The third-order valence-corrected chi connectivity index (χ3v) is 3.48. The fourth-order valence-corrected chi connectivity index (χ4v) is 2.48. The number of aromatic nitrogens is 2. The first-order valence-corrected chi connectivity index (χ1v) is 6.16. The van der Waals surface area contributed by atoms with Gasteiger partial charge in [0.1, 0.15) is 0 Å². The van der Waals surface area contributed by atoms with E-state index in [1.807, 2.05) is 23.0 Å². The number of hydrogen-bond acceptors (Lipinski definition) is 3. The van der Waals surface area contributed by atoms with Gasteiger partial charge >= 0.3 is 0 Å². The van der Waals surface area contributed by atoms with E-state index >= 15 is 0 Å². The van der Waals surface area contributed by atoms with Crippen molar-refractivity contribution in [3.8, 4) is 0 Å². The normalized spacial score (nSPS) is 21.4. The Morgan fingerprint density at radius 3 is 3.24 bits per heavy atom. The SMILES string of the molecule is CN1CCC(NCc2cnn3ccccc23)C1. The van der Waals surface area contributed by atoms with Crippen LogP contribution in [0.5, 0.6) is 0 Å². The lowest BCUT2D eigenvalue weighted by Gasteiger charge is -2.11. The van der Waals surface area contributed by atoms with Crippen LogP contribution in [0.2, 0.25) is 0 Å². The molecular formula is C13H18N4. The van der Waals surface area contributed by atoms with Crippen molar-refractivity contribution in [2.24, 2.45) is 0 Å². The molecule has 0 amide bonds. The lowest BCUT2D eigenvalue weighted by atomic mass is 10.2. The number of pyridine rings is 1. The van der Waals surface area contributed by atoms with Gasteiger partial charge in [-0.2, -0.15) is 5.10 Å². The van der Waals surface area contributed by atoms with Gasteiger partial charge in [0.25, 0.3) is 0 Å². The number of likely N-dealkylation sites (tertiary alicyclic amines) is 1. The molecule has 17 heavy (non-hydrogen) atoms. The third kappa shape index (κ3) is 2.18. The Bertz CT molecular complexity index is 505. The zero-order valence-electron chi connectivity index (χ0n) is 10.1. The van der Waals surface area contributed by atoms with Gasteiger partial charge in [-0.1, -0.05) is 6.07 Å². The Morgan fingerprint density at radius 1 is 1.47 bits per heavy atom. The molecule has 1 fully saturated rings. The van der Waals surface area contributed by atoms with Crippen LogP contribution in [0, 0.1) is 0 Å². The lowest BCUT2D eigenvalue weighted by molar-refractivity contribution is 0.398. The van der Waals surface area contributed by atoms with E-state index in [0.29, 0.717) is 6.04 Å². The zero-order valence-corrected chi connectivity index (χ0v) is 10.1. The molecular weight excluding hydrogens is 212 g/mol. The largest absolute Gasteiger partial charge is 0.308 e. The maximum atomic E-state index is 4.35. The molecule has 0 radical (unpaired) electrons. The highest BCUT2D eigenvalue weighted by atomic mass is 15.2. The van der Waals surface area contributed by atoms with Gasteiger partial charge in [0, 0.05) is 30.9 Å². The van der Waals surface area contributed by atoms with E-state index in [1.54, 1.807) is 0 Å². The highest BCUT2D eigenvalue weighted by Crippen LogP contribution is 2.11. The molecule has 1 saturated heterocycles. The van der Waals surface area contributed by atoms with Gasteiger partial charge in [-0.15, -0.1) is 0 Å². The summed E-state index contributed by atoms with van der Waals surface area (Å²) in [6, 6.07) is 6.80. The van der Waals surface area contributed by atoms with E-state index < -0.39 is 0 Å². The zero-order chi connectivity index (χ0) is 11.7. The average Bonchev–Trinajstić information content (AvgIpc) is 2.93. The van der Waals surface area contributed by atoms with Crippen molar-refractivity contribution in [1.82, 2.24) is 19.8 Å². The van der Waals surface area contributed by atoms with Gasteiger partial charge < -0.3 is 10.2 Å². The monoisotopic (exact) mass is 230 g/mol. The van der Waals surface area contributed by atoms with Crippen LogP contribution in [0.4, 0.5) is 0 Å². The molecule has 1 atom stereocenters. The summed E-state index contributed by atoms with van der Waals surface area (Å²) in [7, 11) is 2.18. The molecule has 90 valence electrons. The molecule has 4 nitrogen and oxygen atoms in total. The van der Waals surface area contributed by atoms with Crippen LogP contribution in [-0.4, -0.2) is 40.7 Å². The second-order valence-electron chi connectivity index (χ2n) is 4.83. The number of likely N-dealkylation sites (N-methyl/N-ethyl adjacent to an activating group) is 1. The molecule has 0 spiro atoms. The number of hydrogen-bond donors (Lipinski definition) is 1. The first-order valence-electron chi connectivity index (χ1n) is 6.16. The highest BCUT2D eigenvalue weighted by molar-refractivity contribution is 5.53. The topological polar surface area (TPSA) is 32.6 Å². The van der Waals surface area contributed by atoms with E-state index in [2.05, 4.69) is 34.5 Å². The first-order chi connectivity index (χ1) is 8.33. The summed E-state index contributed by atoms with van der Waals surface area (Å²) < 4.78 is 1.93. The van der Waals surface area contributed by atoms with Crippen LogP contribution in [-0.2, 0) is 6.54 Å². The number of fused-ring (bicyclic) bond motifs is 1. The summed E-state index contributed by atoms with van der Waals surface area (Å²) in [5, 5.41) is 7.96. The smallest absolute Gasteiger partial charge is 0.0706 e. The minimum Gasteiger partial charge on any atom is -0.308 e. The molecule has 1 aliphatic heterocycles. The van der Waals surface area contributed by atoms with Crippen LogP contribution in [0.15, 0.2) is 30.6 Å². The molecule has 2 aromatic rings. The summed E-state index contributed by atoms with van der Waals surface area (Å²) in [4.78, 5) is 2.37. The van der Waals surface area contributed by atoms with Gasteiger partial charge in [0.15, 0.2) is 0 Å². The predicted molar refractivity (Wildman–Crippen MR) is 67.9 cm³/mol. The molecule has 2 aromatic heterocycles. The van der Waals surface area contributed by atoms with Gasteiger partial charge in [0.05, 0.1) is 11.7 Å². The Hall–Kier alpha value is -1.39. The molecule has 0 bridgehead atoms. The van der Waals surface area contributed by atoms with Gasteiger partial charge in [-0.3, -0.25) is 0 Å². The highest BCUT2D eigenvalue weighted by Gasteiger charge is 2.18. The maximum Gasteiger partial charge on any atom is 0.0706 e. The summed E-state index contributed by atoms with van der Waals surface area (Å²) >= 11 is 0. The average molecular weight is 230 g/mol. The Morgan fingerprint density at radius 2 is 2.41 bits per heavy atom. The van der Waals surface area contributed by atoms with Crippen molar-refractivity contribution in [3.63, 3.8) is 0 Å². The van der Waals surface area contributed by atoms with E-state index in [0.717, 1.165) is 13.1 Å². The summed E-state index contributed by atoms with van der Waals surface area (Å²) in [5.41, 5.74) is 2.48. The maximum absolute atomic E-state index is 4.35. The van der Waals surface area contributed by atoms with E-state index in [4.69, 9.17) is 0 Å². The summed E-state index contributed by atoms with van der Waals surface area (Å²) in [5.74, 6) is 0. The van der Waals surface area contributed by atoms with Crippen molar-refractivity contribution in [2.45, 2.75) is 19.0 Å². The minimum absolute atomic E-state index is 0.624. The van der Waals surface area contributed by atoms with Crippen molar-refractivity contribution in [2.75, 3.05) is 20.1 Å². The van der Waals surface area contributed by atoms with Crippen molar-refractivity contribution in [3.05, 3.63) is 36.2 Å². The lowest BCUT2D eigenvalue weighted by Crippen LogP contribution is -2.30. The van der Waals surface area contributed by atoms with E-state index in [-0.39, 0.29) is 0 Å². The second kappa shape index (κ2) is 4.47. The Labute approximate surface area is 101 Å². The number of nitrogens with zero attached hydrogens (tertiary/aromatic N) is 3. The molecule has 4 heteroatoms. The number of rotatable bonds is 3. The van der Waals surface area contributed by atoms with Crippen LogP contribution in [0.3, 0.4) is 0 Å². The van der Waals surface area contributed by atoms with E-state index in [9.17, 15) is 0 Å². The summed E-state index contributed by atoms with van der Waals surface area (Å²) in [6.07, 6.45) is 5.19.